The van der Waals surface area contributed by atoms with Gasteiger partial charge in [0.1, 0.15) is 5.75 Å². The summed E-state index contributed by atoms with van der Waals surface area (Å²) >= 11 is 0. The van der Waals surface area contributed by atoms with Gasteiger partial charge in [-0.3, -0.25) is 0 Å². The van der Waals surface area contributed by atoms with Gasteiger partial charge in [0.15, 0.2) is 0 Å². The van der Waals surface area contributed by atoms with Crippen LogP contribution in [0.25, 0.3) is 0 Å². The van der Waals surface area contributed by atoms with Crippen molar-refractivity contribution in [2.45, 2.75) is 14.4 Å². The summed E-state index contributed by atoms with van der Waals surface area (Å²) in [5.74, 6) is 0.917. The van der Waals surface area contributed by atoms with Crippen LogP contribution in [0.5, 0.6) is 5.75 Å². The fourth-order valence-electron chi connectivity index (χ4n) is 0.674. The number of isocyanates is 2. The first-order chi connectivity index (χ1) is 7.15. The lowest BCUT2D eigenvalue weighted by atomic mass is 10.2. The first kappa shape index (κ1) is 19.4. The molecule has 0 atom stereocenters. The number of hydrogen-bond donors (Lipinski definition) is 2. The molecule has 0 fully saturated rings. The number of methoxy groups -OCH3 is 1. The molecule has 1 rings (SSSR count). The average molecular weight is 224 g/mol. The van der Waals surface area contributed by atoms with Crippen LogP contribution in [0.1, 0.15) is 13.0 Å². The van der Waals surface area contributed by atoms with Crippen molar-refractivity contribution in [3.8, 4) is 5.75 Å². The Hall–Kier alpha value is -2.22. The van der Waals surface area contributed by atoms with Gasteiger partial charge in [-0.15, -0.1) is 0 Å². The Balaban J connectivity index is -0.000000207. The van der Waals surface area contributed by atoms with Crippen molar-refractivity contribution in [2.24, 2.45) is 0 Å². The van der Waals surface area contributed by atoms with Crippen LogP contribution in [0.15, 0.2) is 24.3 Å². The molecule has 88 valence electrons. The van der Waals surface area contributed by atoms with E-state index in [4.69, 9.17) is 25.1 Å². The predicted molar refractivity (Wildman–Crippen MR) is 61.3 cm³/mol. The van der Waals surface area contributed by atoms with Gasteiger partial charge in [0, 0.05) is 0 Å². The van der Waals surface area contributed by atoms with Crippen molar-refractivity contribution in [3.63, 3.8) is 0 Å². The molecule has 0 aromatic heterocycles. The summed E-state index contributed by atoms with van der Waals surface area (Å²) in [5.41, 5.74) is 1.26. The highest BCUT2D eigenvalue weighted by molar-refractivity contribution is 5.26. The van der Waals surface area contributed by atoms with Gasteiger partial charge in [-0.05, 0) is 19.1 Å². The van der Waals surface area contributed by atoms with Crippen LogP contribution in [0.3, 0.4) is 0 Å². The van der Waals surface area contributed by atoms with E-state index in [1.807, 2.05) is 24.3 Å². The maximum atomic E-state index is 8.35. The van der Waals surface area contributed by atoms with Crippen LogP contribution < -0.4 is 4.74 Å². The van der Waals surface area contributed by atoms with Crippen molar-refractivity contribution in [1.82, 2.24) is 0 Å². The number of carbonyl (C=O) groups excluding carboxylic acids is 2. The van der Waals surface area contributed by atoms with Gasteiger partial charge in [0.25, 0.3) is 0 Å². The van der Waals surface area contributed by atoms with E-state index in [2.05, 4.69) is 6.92 Å². The first-order valence-corrected chi connectivity index (χ1v) is 3.84. The summed E-state index contributed by atoms with van der Waals surface area (Å²) in [6, 6.07) is 7.96. The minimum absolute atomic E-state index is 0. The molecule has 0 amide bonds. The fourth-order valence-corrected chi connectivity index (χ4v) is 0.674. The van der Waals surface area contributed by atoms with Crippen molar-refractivity contribution in [2.75, 3.05) is 7.11 Å². The number of hydrogen-bond acceptors (Lipinski definition) is 5. The SMILES string of the molecule is C.COc1ccc(C)cc1.N=C=O.N=C=O. The summed E-state index contributed by atoms with van der Waals surface area (Å²) < 4.78 is 4.97. The Bertz CT molecular complexity index is 310. The van der Waals surface area contributed by atoms with Crippen molar-refractivity contribution >= 4 is 12.2 Å². The van der Waals surface area contributed by atoms with Crippen molar-refractivity contribution in [3.05, 3.63) is 29.8 Å². The maximum Gasteiger partial charge on any atom is 0.231 e. The molecule has 2 N–H and O–H groups in total. The van der Waals surface area contributed by atoms with Gasteiger partial charge in [0.2, 0.25) is 12.2 Å². The van der Waals surface area contributed by atoms with Gasteiger partial charge < -0.3 is 4.74 Å². The highest BCUT2D eigenvalue weighted by Crippen LogP contribution is 2.09. The van der Waals surface area contributed by atoms with E-state index >= 15 is 0 Å². The van der Waals surface area contributed by atoms with Crippen LogP contribution in [-0.4, -0.2) is 19.3 Å². The Morgan fingerprint density at radius 3 is 1.62 bits per heavy atom. The first-order valence-electron chi connectivity index (χ1n) is 3.84. The molecule has 0 bridgehead atoms. The summed E-state index contributed by atoms with van der Waals surface area (Å²) in [6.07, 6.45) is 1.50. The van der Waals surface area contributed by atoms with E-state index < -0.39 is 0 Å². The molecule has 0 saturated carbocycles. The zero-order valence-electron chi connectivity index (χ0n) is 8.53. The van der Waals surface area contributed by atoms with E-state index in [-0.39, 0.29) is 7.43 Å². The third-order valence-corrected chi connectivity index (χ3v) is 1.26. The molecule has 0 aliphatic carbocycles. The summed E-state index contributed by atoms with van der Waals surface area (Å²) in [6.45, 7) is 2.06. The second-order valence-electron chi connectivity index (χ2n) is 2.22. The molecule has 0 unspecified atom stereocenters. The van der Waals surface area contributed by atoms with Gasteiger partial charge >= 0.3 is 0 Å². The molecule has 0 aliphatic rings. The van der Waals surface area contributed by atoms with Crippen molar-refractivity contribution < 1.29 is 14.3 Å². The molecule has 1 aromatic carbocycles. The van der Waals surface area contributed by atoms with Gasteiger partial charge in [0.05, 0.1) is 7.11 Å². The minimum atomic E-state index is 0. The van der Waals surface area contributed by atoms with Gasteiger partial charge in [-0.2, -0.15) is 0 Å². The number of nitrogens with one attached hydrogen (secondary N) is 2. The summed E-state index contributed by atoms with van der Waals surface area (Å²) in [5, 5.41) is 10.8. The molecule has 5 nitrogen and oxygen atoms in total. The molecular weight excluding hydrogens is 208 g/mol. The smallest absolute Gasteiger partial charge is 0.231 e. The predicted octanol–water partition coefficient (Wildman–Crippen LogP) is 2.44. The van der Waals surface area contributed by atoms with Crippen LogP contribution in [0.2, 0.25) is 0 Å². The molecule has 5 heteroatoms. The lowest BCUT2D eigenvalue weighted by Gasteiger charge is -1.97. The number of rotatable bonds is 1. The second-order valence-corrected chi connectivity index (χ2v) is 2.22. The van der Waals surface area contributed by atoms with Gasteiger partial charge in [-0.25, -0.2) is 20.4 Å². The standard InChI is InChI=1S/C8H10O.2CHNO.CH4/c1-7-3-5-8(9-2)6-4-7;2*2-1-3;/h3-6H,1-2H3;2*2H;1H4. The van der Waals surface area contributed by atoms with E-state index in [0.717, 1.165) is 17.9 Å². The van der Waals surface area contributed by atoms with Crippen LogP contribution in [-0.2, 0) is 9.59 Å². The number of benzene rings is 1. The monoisotopic (exact) mass is 224 g/mol. The lowest BCUT2D eigenvalue weighted by molar-refractivity contribution is 0.414. The van der Waals surface area contributed by atoms with Crippen LogP contribution in [0.4, 0.5) is 0 Å². The molecule has 0 heterocycles. The van der Waals surface area contributed by atoms with E-state index in [0.29, 0.717) is 0 Å². The molecule has 0 saturated heterocycles. The molecule has 0 spiro atoms. The average Bonchev–Trinajstić information content (AvgIpc) is 2.21. The third-order valence-electron chi connectivity index (χ3n) is 1.26. The number of aryl methyl sites for hydroxylation is 1. The molecular formula is C11H16N2O3. The largest absolute Gasteiger partial charge is 0.497 e. The Morgan fingerprint density at radius 2 is 1.38 bits per heavy atom. The van der Waals surface area contributed by atoms with Crippen LogP contribution in [0, 0.1) is 17.7 Å². The molecule has 1 aromatic rings. The molecule has 0 radical (unpaired) electrons. The summed E-state index contributed by atoms with van der Waals surface area (Å²) in [7, 11) is 1.67. The van der Waals surface area contributed by atoms with E-state index in [9.17, 15) is 0 Å². The molecule has 0 aliphatic heterocycles. The normalized spacial score (nSPS) is 6.12. The van der Waals surface area contributed by atoms with Gasteiger partial charge in [-0.1, -0.05) is 25.1 Å². The highest BCUT2D eigenvalue weighted by Gasteiger charge is 1.85. The Morgan fingerprint density at radius 1 is 1.06 bits per heavy atom. The third kappa shape index (κ3) is 14.3. The number of ether oxygens (including phenoxy) is 1. The molecule has 16 heavy (non-hydrogen) atoms. The van der Waals surface area contributed by atoms with E-state index in [1.54, 1.807) is 7.11 Å². The fraction of sp³-hybridized carbons (Fsp3) is 0.273. The maximum absolute atomic E-state index is 8.35. The second kappa shape index (κ2) is 15.3. The summed E-state index contributed by atoms with van der Waals surface area (Å²) in [4.78, 5) is 16.7. The Kier molecular flexibility index (Phi) is 18.5. The van der Waals surface area contributed by atoms with Crippen molar-refractivity contribution in [1.29, 1.82) is 10.8 Å². The minimum Gasteiger partial charge on any atom is -0.497 e. The highest BCUT2D eigenvalue weighted by atomic mass is 16.5. The van der Waals surface area contributed by atoms with Crippen LogP contribution >= 0.6 is 0 Å². The zero-order valence-corrected chi connectivity index (χ0v) is 8.53. The quantitative estimate of drug-likeness (QED) is 0.567. The lowest BCUT2D eigenvalue weighted by Crippen LogP contribution is -1.80. The van der Waals surface area contributed by atoms with E-state index in [1.165, 1.54) is 5.56 Å². The topological polar surface area (TPSA) is 91.1 Å². The Labute approximate surface area is 95.1 Å². The zero-order chi connectivity index (χ0) is 12.1.